The van der Waals surface area contributed by atoms with Gasteiger partial charge in [-0.05, 0) is 19.3 Å². The minimum absolute atomic E-state index is 0.350. The third-order valence-electron chi connectivity index (χ3n) is 3.11. The Bertz CT molecular complexity index is 315. The molecule has 0 spiro atoms. The molecule has 0 unspecified atom stereocenters. The summed E-state index contributed by atoms with van der Waals surface area (Å²) >= 11 is 0. The van der Waals surface area contributed by atoms with Crippen molar-refractivity contribution in [2.75, 3.05) is 0 Å². The van der Waals surface area contributed by atoms with Gasteiger partial charge in [0.15, 0.2) is 5.82 Å². The van der Waals surface area contributed by atoms with Gasteiger partial charge in [0.05, 0.1) is 5.54 Å². The molecule has 1 aliphatic carbocycles. The molecule has 1 aromatic heterocycles. The van der Waals surface area contributed by atoms with Crippen LogP contribution in [-0.4, -0.2) is 10.1 Å². The zero-order valence-corrected chi connectivity index (χ0v) is 9.33. The van der Waals surface area contributed by atoms with Crippen LogP contribution in [0.4, 0.5) is 0 Å². The van der Waals surface area contributed by atoms with Gasteiger partial charge in [-0.1, -0.05) is 31.3 Å². The Morgan fingerprint density at radius 1 is 1.33 bits per heavy atom. The van der Waals surface area contributed by atoms with Gasteiger partial charge >= 0.3 is 0 Å². The Hall–Kier alpha value is -0.900. The first-order valence-electron chi connectivity index (χ1n) is 5.86. The van der Waals surface area contributed by atoms with Gasteiger partial charge in [-0.2, -0.15) is 4.98 Å². The second-order valence-corrected chi connectivity index (χ2v) is 4.48. The topological polar surface area (TPSA) is 64.9 Å². The quantitative estimate of drug-likeness (QED) is 0.828. The Morgan fingerprint density at radius 3 is 2.73 bits per heavy atom. The van der Waals surface area contributed by atoms with E-state index < -0.39 is 0 Å². The monoisotopic (exact) mass is 209 g/mol. The minimum Gasteiger partial charge on any atom is -0.337 e. The van der Waals surface area contributed by atoms with Crippen LogP contribution in [-0.2, 0) is 12.0 Å². The molecule has 4 nitrogen and oxygen atoms in total. The van der Waals surface area contributed by atoms with E-state index in [0.29, 0.717) is 5.89 Å². The van der Waals surface area contributed by atoms with Crippen molar-refractivity contribution >= 4 is 0 Å². The maximum Gasteiger partial charge on any atom is 0.246 e. The van der Waals surface area contributed by atoms with Crippen LogP contribution in [0.25, 0.3) is 0 Å². The number of hydrogen-bond acceptors (Lipinski definition) is 4. The molecule has 2 rings (SSSR count). The fourth-order valence-corrected chi connectivity index (χ4v) is 2.18. The van der Waals surface area contributed by atoms with E-state index in [1.165, 1.54) is 19.3 Å². The van der Waals surface area contributed by atoms with E-state index in [9.17, 15) is 0 Å². The first kappa shape index (κ1) is 10.6. The summed E-state index contributed by atoms with van der Waals surface area (Å²) in [5.41, 5.74) is 5.94. The zero-order chi connectivity index (χ0) is 10.7. The molecule has 0 saturated heterocycles. The summed E-state index contributed by atoms with van der Waals surface area (Å²) in [6.45, 7) is 2.11. The summed E-state index contributed by atoms with van der Waals surface area (Å²) in [7, 11) is 0. The highest BCUT2D eigenvalue weighted by Gasteiger charge is 2.34. The molecule has 0 atom stereocenters. The van der Waals surface area contributed by atoms with E-state index in [2.05, 4.69) is 17.1 Å². The van der Waals surface area contributed by atoms with Crippen molar-refractivity contribution in [3.05, 3.63) is 11.7 Å². The first-order chi connectivity index (χ1) is 7.24. The van der Waals surface area contributed by atoms with Crippen LogP contribution >= 0.6 is 0 Å². The maximum atomic E-state index is 6.29. The zero-order valence-electron chi connectivity index (χ0n) is 9.33. The minimum atomic E-state index is -0.350. The van der Waals surface area contributed by atoms with Gasteiger partial charge in [-0.3, -0.25) is 0 Å². The van der Waals surface area contributed by atoms with Crippen LogP contribution in [0.3, 0.4) is 0 Å². The van der Waals surface area contributed by atoms with Crippen LogP contribution in [0.2, 0.25) is 0 Å². The lowest BCUT2D eigenvalue weighted by Gasteiger charge is -2.29. The molecule has 84 valence electrons. The molecular formula is C11H19N3O. The SMILES string of the molecule is CCCc1noc(C2(N)CCCCC2)n1. The highest BCUT2D eigenvalue weighted by Crippen LogP contribution is 2.33. The molecule has 1 aromatic rings. The smallest absolute Gasteiger partial charge is 0.246 e. The van der Waals surface area contributed by atoms with Crippen LogP contribution in [0, 0.1) is 0 Å². The number of nitrogens with two attached hydrogens (primary N) is 1. The predicted octanol–water partition coefficient (Wildman–Crippen LogP) is 2.14. The lowest BCUT2D eigenvalue weighted by Crippen LogP contribution is -2.39. The molecule has 0 radical (unpaired) electrons. The summed E-state index contributed by atoms with van der Waals surface area (Å²) < 4.78 is 5.27. The van der Waals surface area contributed by atoms with Gasteiger partial charge in [0, 0.05) is 6.42 Å². The number of hydrogen-bond donors (Lipinski definition) is 1. The Balaban J connectivity index is 2.12. The molecule has 1 saturated carbocycles. The largest absolute Gasteiger partial charge is 0.337 e. The maximum absolute atomic E-state index is 6.29. The number of rotatable bonds is 3. The third kappa shape index (κ3) is 2.20. The average Bonchev–Trinajstić information content (AvgIpc) is 2.69. The highest BCUT2D eigenvalue weighted by molar-refractivity contribution is 5.03. The van der Waals surface area contributed by atoms with E-state index in [4.69, 9.17) is 10.3 Å². The average molecular weight is 209 g/mol. The first-order valence-corrected chi connectivity index (χ1v) is 5.86. The molecule has 1 heterocycles. The van der Waals surface area contributed by atoms with Gasteiger partial charge in [-0.25, -0.2) is 0 Å². The summed E-state index contributed by atoms with van der Waals surface area (Å²) in [5, 5.41) is 3.96. The predicted molar refractivity (Wildman–Crippen MR) is 57.2 cm³/mol. The number of aryl methyl sites for hydroxylation is 1. The molecule has 0 bridgehead atoms. The van der Waals surface area contributed by atoms with E-state index in [1.807, 2.05) is 0 Å². The number of nitrogens with zero attached hydrogens (tertiary/aromatic N) is 2. The Kier molecular flexibility index (Phi) is 3.05. The molecule has 0 aliphatic heterocycles. The van der Waals surface area contributed by atoms with E-state index in [1.54, 1.807) is 0 Å². The fourth-order valence-electron chi connectivity index (χ4n) is 2.18. The molecule has 1 fully saturated rings. The van der Waals surface area contributed by atoms with Crippen molar-refractivity contribution in [2.45, 2.75) is 57.4 Å². The Labute approximate surface area is 90.2 Å². The summed E-state index contributed by atoms with van der Waals surface area (Å²) in [4.78, 5) is 4.39. The molecule has 0 amide bonds. The van der Waals surface area contributed by atoms with Crippen LogP contribution in [0.15, 0.2) is 4.52 Å². The molecule has 15 heavy (non-hydrogen) atoms. The van der Waals surface area contributed by atoms with Crippen molar-refractivity contribution in [3.8, 4) is 0 Å². The van der Waals surface area contributed by atoms with Crippen LogP contribution in [0.5, 0.6) is 0 Å². The van der Waals surface area contributed by atoms with E-state index in [0.717, 1.165) is 31.5 Å². The highest BCUT2D eigenvalue weighted by atomic mass is 16.5. The normalized spacial score (nSPS) is 20.4. The van der Waals surface area contributed by atoms with Gasteiger partial charge in [-0.15, -0.1) is 0 Å². The summed E-state index contributed by atoms with van der Waals surface area (Å²) in [6, 6.07) is 0. The summed E-state index contributed by atoms with van der Waals surface area (Å²) in [5.74, 6) is 1.44. The van der Waals surface area contributed by atoms with Crippen LogP contribution < -0.4 is 5.73 Å². The Morgan fingerprint density at radius 2 is 2.07 bits per heavy atom. The second-order valence-electron chi connectivity index (χ2n) is 4.48. The lowest BCUT2D eigenvalue weighted by molar-refractivity contribution is 0.219. The molecule has 1 aliphatic rings. The molecule has 4 heteroatoms. The van der Waals surface area contributed by atoms with Gasteiger partial charge < -0.3 is 10.3 Å². The van der Waals surface area contributed by atoms with Crippen LogP contribution in [0.1, 0.15) is 57.2 Å². The van der Waals surface area contributed by atoms with Gasteiger partial charge in [0.25, 0.3) is 0 Å². The van der Waals surface area contributed by atoms with Gasteiger partial charge in [0.1, 0.15) is 0 Å². The number of aromatic nitrogens is 2. The second kappa shape index (κ2) is 4.31. The van der Waals surface area contributed by atoms with Crippen molar-refractivity contribution in [2.24, 2.45) is 5.73 Å². The van der Waals surface area contributed by atoms with Crippen molar-refractivity contribution in [1.29, 1.82) is 0 Å². The lowest BCUT2D eigenvalue weighted by atomic mass is 9.82. The van der Waals surface area contributed by atoms with E-state index >= 15 is 0 Å². The molecular weight excluding hydrogens is 190 g/mol. The standard InChI is InChI=1S/C11H19N3O/c1-2-6-9-13-10(15-14-9)11(12)7-4-3-5-8-11/h2-8,12H2,1H3. The molecule has 0 aromatic carbocycles. The third-order valence-corrected chi connectivity index (χ3v) is 3.11. The van der Waals surface area contributed by atoms with E-state index in [-0.39, 0.29) is 5.54 Å². The van der Waals surface area contributed by atoms with Gasteiger partial charge in [0.2, 0.25) is 5.89 Å². The van der Waals surface area contributed by atoms with Crippen molar-refractivity contribution in [3.63, 3.8) is 0 Å². The van der Waals surface area contributed by atoms with Crippen molar-refractivity contribution < 1.29 is 4.52 Å². The fraction of sp³-hybridized carbons (Fsp3) is 0.818. The molecule has 2 N–H and O–H groups in total. The summed E-state index contributed by atoms with van der Waals surface area (Å²) in [6.07, 6.45) is 7.47. The van der Waals surface area contributed by atoms with Crippen molar-refractivity contribution in [1.82, 2.24) is 10.1 Å².